The van der Waals surface area contributed by atoms with Crippen LogP contribution in [-0.4, -0.2) is 47.5 Å². The predicted molar refractivity (Wildman–Crippen MR) is 74.9 cm³/mol. The minimum atomic E-state index is -0.0709. The second-order valence-electron chi connectivity index (χ2n) is 5.08. The second-order valence-corrected chi connectivity index (χ2v) is 5.44. The molecule has 1 aliphatic heterocycles. The summed E-state index contributed by atoms with van der Waals surface area (Å²) in [5.41, 5.74) is 0.853. The zero-order chi connectivity index (χ0) is 14.0. The molecule has 0 radical (unpaired) electrons. The summed E-state index contributed by atoms with van der Waals surface area (Å²) in [7, 11) is 0. The predicted octanol–water partition coefficient (Wildman–Crippen LogP) is 1.76. The number of morpholine rings is 1. The molecule has 1 saturated heterocycles. The lowest BCUT2D eigenvalue weighted by molar-refractivity contribution is 0.0722. The van der Waals surface area contributed by atoms with Crippen molar-refractivity contribution in [1.29, 1.82) is 0 Å². The monoisotopic (exact) mass is 285 g/mol. The van der Waals surface area contributed by atoms with Crippen molar-refractivity contribution >= 4 is 17.4 Å². The van der Waals surface area contributed by atoms with Crippen molar-refractivity contribution in [2.75, 3.05) is 31.3 Å². The number of ether oxygens (including phenoxy) is 1. The van der Waals surface area contributed by atoms with Gasteiger partial charge in [0, 0.05) is 18.0 Å². The number of anilines is 1. The molecule has 1 fully saturated rings. The fourth-order valence-corrected chi connectivity index (χ4v) is 2.29. The van der Waals surface area contributed by atoms with E-state index in [4.69, 9.17) is 16.3 Å². The number of hydrogen-bond acceptors (Lipinski definition) is 5. The van der Waals surface area contributed by atoms with Gasteiger partial charge in [0.25, 0.3) is 0 Å². The maximum Gasteiger partial charge on any atom is 0.137 e. The molecule has 0 amide bonds. The average Bonchev–Trinajstić information content (AvgIpc) is 2.41. The van der Waals surface area contributed by atoms with Gasteiger partial charge >= 0.3 is 0 Å². The van der Waals surface area contributed by atoms with E-state index in [-0.39, 0.29) is 18.6 Å². The van der Waals surface area contributed by atoms with E-state index >= 15 is 0 Å². The van der Waals surface area contributed by atoms with Crippen LogP contribution in [0.25, 0.3) is 0 Å². The molecule has 1 unspecified atom stereocenters. The second kappa shape index (κ2) is 6.03. The number of nitrogens with zero attached hydrogens (tertiary/aromatic N) is 3. The highest BCUT2D eigenvalue weighted by Gasteiger charge is 2.26. The minimum Gasteiger partial charge on any atom is -0.394 e. The Balaban J connectivity index is 2.41. The first-order valence-electron chi connectivity index (χ1n) is 6.53. The van der Waals surface area contributed by atoms with E-state index in [9.17, 15) is 5.11 Å². The maximum atomic E-state index is 9.46. The van der Waals surface area contributed by atoms with Crippen LogP contribution in [0.2, 0.25) is 5.15 Å². The van der Waals surface area contributed by atoms with Crippen LogP contribution in [0.4, 0.5) is 5.82 Å². The Kier molecular flexibility index (Phi) is 4.60. The highest BCUT2D eigenvalue weighted by Crippen LogP contribution is 2.28. The van der Waals surface area contributed by atoms with Gasteiger partial charge in [-0.05, 0) is 6.92 Å². The molecule has 1 aliphatic rings. The van der Waals surface area contributed by atoms with Crippen LogP contribution in [-0.2, 0) is 4.74 Å². The van der Waals surface area contributed by atoms with Crippen LogP contribution in [0.5, 0.6) is 0 Å². The van der Waals surface area contributed by atoms with Crippen molar-refractivity contribution in [2.45, 2.75) is 32.7 Å². The van der Waals surface area contributed by atoms with Crippen molar-refractivity contribution in [3.8, 4) is 0 Å². The third-order valence-electron chi connectivity index (χ3n) is 3.30. The zero-order valence-electron chi connectivity index (χ0n) is 11.6. The van der Waals surface area contributed by atoms with Crippen LogP contribution >= 0.6 is 11.6 Å². The molecule has 6 heteroatoms. The van der Waals surface area contributed by atoms with Crippen molar-refractivity contribution in [2.24, 2.45) is 0 Å². The van der Waals surface area contributed by atoms with E-state index in [1.54, 1.807) is 0 Å². The van der Waals surface area contributed by atoms with Gasteiger partial charge < -0.3 is 14.7 Å². The standard InChI is InChI=1S/C13H20ClN3O2/c1-8(2)12-15-11(14)9(3)13(16-12)17-4-5-19-7-10(17)6-18/h8,10,18H,4-7H2,1-3H3. The maximum absolute atomic E-state index is 9.46. The fraction of sp³-hybridized carbons (Fsp3) is 0.692. The van der Waals surface area contributed by atoms with Gasteiger partial charge in [-0.3, -0.25) is 0 Å². The van der Waals surface area contributed by atoms with E-state index in [0.717, 1.165) is 17.2 Å². The van der Waals surface area contributed by atoms with Gasteiger partial charge in [0.05, 0.1) is 25.9 Å². The van der Waals surface area contributed by atoms with Gasteiger partial charge in [-0.1, -0.05) is 25.4 Å². The van der Waals surface area contributed by atoms with Crippen molar-refractivity contribution in [1.82, 2.24) is 9.97 Å². The van der Waals surface area contributed by atoms with Crippen LogP contribution in [0.15, 0.2) is 0 Å². The molecule has 2 heterocycles. The Hall–Kier alpha value is -0.910. The molecular formula is C13H20ClN3O2. The van der Waals surface area contributed by atoms with Crippen molar-refractivity contribution in [3.05, 3.63) is 16.5 Å². The number of halogens is 1. The van der Waals surface area contributed by atoms with E-state index in [1.165, 1.54) is 0 Å². The summed E-state index contributed by atoms with van der Waals surface area (Å²) in [6, 6.07) is -0.0709. The Morgan fingerprint density at radius 2 is 2.21 bits per heavy atom. The first-order chi connectivity index (χ1) is 9.04. The molecular weight excluding hydrogens is 266 g/mol. The largest absolute Gasteiger partial charge is 0.394 e. The van der Waals surface area contributed by atoms with E-state index < -0.39 is 0 Å². The van der Waals surface area contributed by atoms with Gasteiger partial charge in [-0.25, -0.2) is 9.97 Å². The number of hydrogen-bond donors (Lipinski definition) is 1. The molecule has 1 N–H and O–H groups in total. The third-order valence-corrected chi connectivity index (χ3v) is 3.67. The normalized spacial score (nSPS) is 20.1. The zero-order valence-corrected chi connectivity index (χ0v) is 12.3. The Morgan fingerprint density at radius 3 is 2.84 bits per heavy atom. The number of rotatable bonds is 3. The molecule has 0 aliphatic carbocycles. The molecule has 1 atom stereocenters. The topological polar surface area (TPSA) is 58.5 Å². The van der Waals surface area contributed by atoms with E-state index in [1.807, 2.05) is 20.8 Å². The lowest BCUT2D eigenvalue weighted by Gasteiger charge is -2.36. The molecule has 0 bridgehead atoms. The quantitative estimate of drug-likeness (QED) is 0.858. The molecule has 1 aromatic heterocycles. The summed E-state index contributed by atoms with van der Waals surface area (Å²) in [6.45, 7) is 7.87. The fourth-order valence-electron chi connectivity index (χ4n) is 2.12. The summed E-state index contributed by atoms with van der Waals surface area (Å²) < 4.78 is 5.39. The van der Waals surface area contributed by atoms with Gasteiger partial charge in [0.1, 0.15) is 16.8 Å². The number of aliphatic hydroxyl groups is 1. The van der Waals surface area contributed by atoms with Crippen molar-refractivity contribution in [3.63, 3.8) is 0 Å². The average molecular weight is 286 g/mol. The van der Waals surface area contributed by atoms with E-state index in [2.05, 4.69) is 14.9 Å². The smallest absolute Gasteiger partial charge is 0.137 e. The Labute approximate surface area is 118 Å². The number of aliphatic hydroxyl groups excluding tert-OH is 1. The van der Waals surface area contributed by atoms with E-state index in [0.29, 0.717) is 24.9 Å². The molecule has 0 aromatic carbocycles. The number of aromatic nitrogens is 2. The molecule has 5 nitrogen and oxygen atoms in total. The van der Waals surface area contributed by atoms with Crippen LogP contribution < -0.4 is 4.90 Å². The lowest BCUT2D eigenvalue weighted by Crippen LogP contribution is -2.48. The first-order valence-corrected chi connectivity index (χ1v) is 6.91. The summed E-state index contributed by atoms with van der Waals surface area (Å²) >= 11 is 6.20. The Bertz CT molecular complexity index is 454. The lowest BCUT2D eigenvalue weighted by atomic mass is 10.1. The van der Waals surface area contributed by atoms with Gasteiger partial charge in [-0.2, -0.15) is 0 Å². The van der Waals surface area contributed by atoms with Gasteiger partial charge in [0.2, 0.25) is 0 Å². The van der Waals surface area contributed by atoms with Crippen molar-refractivity contribution < 1.29 is 9.84 Å². The summed E-state index contributed by atoms with van der Waals surface area (Å²) in [4.78, 5) is 11.0. The summed E-state index contributed by atoms with van der Waals surface area (Å²) in [5.74, 6) is 1.75. The highest BCUT2D eigenvalue weighted by molar-refractivity contribution is 6.30. The molecule has 106 valence electrons. The first kappa shape index (κ1) is 14.5. The van der Waals surface area contributed by atoms with Crippen LogP contribution in [0.3, 0.4) is 0 Å². The highest BCUT2D eigenvalue weighted by atomic mass is 35.5. The molecule has 2 rings (SSSR count). The molecule has 19 heavy (non-hydrogen) atoms. The summed E-state index contributed by atoms with van der Waals surface area (Å²) in [5, 5.41) is 9.95. The van der Waals surface area contributed by atoms with Crippen LogP contribution in [0, 0.1) is 6.92 Å². The van der Waals surface area contributed by atoms with Gasteiger partial charge in [0.15, 0.2) is 0 Å². The minimum absolute atomic E-state index is 0.0398. The molecule has 0 saturated carbocycles. The Morgan fingerprint density at radius 1 is 1.47 bits per heavy atom. The third kappa shape index (κ3) is 2.99. The summed E-state index contributed by atoms with van der Waals surface area (Å²) in [6.07, 6.45) is 0. The molecule has 1 aromatic rings. The van der Waals surface area contributed by atoms with Crippen LogP contribution in [0.1, 0.15) is 31.2 Å². The SMILES string of the molecule is Cc1c(Cl)nc(C(C)C)nc1N1CCOCC1CO. The van der Waals surface area contributed by atoms with Gasteiger partial charge in [-0.15, -0.1) is 0 Å². The molecule has 0 spiro atoms.